The lowest BCUT2D eigenvalue weighted by Crippen LogP contribution is -2.46. The van der Waals surface area contributed by atoms with Crippen molar-refractivity contribution in [2.75, 3.05) is 6.54 Å². The summed E-state index contributed by atoms with van der Waals surface area (Å²) in [6.45, 7) is 13.2. The van der Waals surface area contributed by atoms with Gasteiger partial charge in [-0.2, -0.15) is 0 Å². The fraction of sp³-hybridized carbons (Fsp3) is 1.00. The highest BCUT2D eigenvalue weighted by molar-refractivity contribution is 4.91. The molecule has 0 saturated heterocycles. The van der Waals surface area contributed by atoms with E-state index in [1.54, 1.807) is 0 Å². The molecule has 1 nitrogen and oxygen atoms in total. The smallest absolute Gasteiger partial charge is 0.0103 e. The Bertz CT molecular complexity index is 230. The van der Waals surface area contributed by atoms with Gasteiger partial charge in [-0.25, -0.2) is 0 Å². The standard InChI is InChI=1S/C18H37N/c1-6-13-19-17(14-15(7-2)8-3)16-11-9-10-12-18(16,4)5/h15-17,19H,6-14H2,1-5H3. The summed E-state index contributed by atoms with van der Waals surface area (Å²) in [6, 6.07) is 0.750. The van der Waals surface area contributed by atoms with Crippen LogP contribution in [-0.4, -0.2) is 12.6 Å². The second-order valence-electron chi connectivity index (χ2n) is 7.32. The van der Waals surface area contributed by atoms with E-state index in [0.717, 1.165) is 17.9 Å². The molecule has 0 heterocycles. The van der Waals surface area contributed by atoms with Gasteiger partial charge in [-0.15, -0.1) is 0 Å². The van der Waals surface area contributed by atoms with Crippen molar-refractivity contribution in [3.8, 4) is 0 Å². The Morgan fingerprint density at radius 2 is 1.79 bits per heavy atom. The van der Waals surface area contributed by atoms with Gasteiger partial charge >= 0.3 is 0 Å². The van der Waals surface area contributed by atoms with E-state index in [0.29, 0.717) is 5.41 Å². The molecule has 1 rings (SSSR count). The molecule has 0 aromatic carbocycles. The first-order valence-corrected chi connectivity index (χ1v) is 8.78. The van der Waals surface area contributed by atoms with Crippen LogP contribution in [0.4, 0.5) is 0 Å². The van der Waals surface area contributed by atoms with Crippen LogP contribution in [0.1, 0.15) is 86.0 Å². The van der Waals surface area contributed by atoms with Crippen LogP contribution in [-0.2, 0) is 0 Å². The van der Waals surface area contributed by atoms with Crippen molar-refractivity contribution in [1.82, 2.24) is 5.32 Å². The van der Waals surface area contributed by atoms with E-state index in [1.807, 2.05) is 0 Å². The fourth-order valence-corrected chi connectivity index (χ4v) is 3.97. The molecule has 0 spiro atoms. The molecule has 114 valence electrons. The minimum atomic E-state index is 0.537. The second kappa shape index (κ2) is 8.29. The molecule has 2 unspecified atom stereocenters. The zero-order valence-corrected chi connectivity index (χ0v) is 14.1. The van der Waals surface area contributed by atoms with E-state index < -0.39 is 0 Å². The van der Waals surface area contributed by atoms with Crippen LogP contribution in [0.5, 0.6) is 0 Å². The maximum Gasteiger partial charge on any atom is 0.0103 e. The van der Waals surface area contributed by atoms with Gasteiger partial charge in [-0.1, -0.05) is 60.3 Å². The lowest BCUT2D eigenvalue weighted by atomic mass is 9.64. The van der Waals surface area contributed by atoms with Crippen molar-refractivity contribution in [1.29, 1.82) is 0 Å². The van der Waals surface area contributed by atoms with E-state index in [-0.39, 0.29) is 0 Å². The first kappa shape index (κ1) is 17.0. The summed E-state index contributed by atoms with van der Waals surface area (Å²) < 4.78 is 0. The van der Waals surface area contributed by atoms with Crippen LogP contribution in [0.3, 0.4) is 0 Å². The molecule has 2 atom stereocenters. The van der Waals surface area contributed by atoms with Gasteiger partial charge in [0.05, 0.1) is 0 Å². The molecule has 1 aliphatic rings. The normalized spacial score (nSPS) is 24.6. The number of nitrogens with one attached hydrogen (secondary N) is 1. The van der Waals surface area contributed by atoms with Crippen LogP contribution in [0.15, 0.2) is 0 Å². The van der Waals surface area contributed by atoms with Crippen molar-refractivity contribution in [3.05, 3.63) is 0 Å². The van der Waals surface area contributed by atoms with Crippen molar-refractivity contribution in [3.63, 3.8) is 0 Å². The predicted octanol–water partition coefficient (Wildman–Crippen LogP) is 5.40. The second-order valence-corrected chi connectivity index (χ2v) is 7.32. The molecule has 1 heteroatoms. The highest BCUT2D eigenvalue weighted by Crippen LogP contribution is 2.43. The molecule has 19 heavy (non-hydrogen) atoms. The molecule has 0 aliphatic heterocycles. The van der Waals surface area contributed by atoms with Gasteiger partial charge in [0.15, 0.2) is 0 Å². The average Bonchev–Trinajstić information content (AvgIpc) is 2.39. The van der Waals surface area contributed by atoms with Gasteiger partial charge in [0.2, 0.25) is 0 Å². The molecule has 0 radical (unpaired) electrons. The van der Waals surface area contributed by atoms with E-state index in [9.17, 15) is 0 Å². The third kappa shape index (κ3) is 5.10. The van der Waals surface area contributed by atoms with Gasteiger partial charge in [0, 0.05) is 6.04 Å². The predicted molar refractivity (Wildman–Crippen MR) is 86.5 cm³/mol. The molecule has 1 saturated carbocycles. The summed E-state index contributed by atoms with van der Waals surface area (Å²) in [5.41, 5.74) is 0.537. The molecule has 0 aromatic heterocycles. The van der Waals surface area contributed by atoms with E-state index in [4.69, 9.17) is 0 Å². The lowest BCUT2D eigenvalue weighted by Gasteiger charge is -2.44. The van der Waals surface area contributed by atoms with Gasteiger partial charge in [0.25, 0.3) is 0 Å². The first-order valence-electron chi connectivity index (χ1n) is 8.78. The Morgan fingerprint density at radius 1 is 1.11 bits per heavy atom. The van der Waals surface area contributed by atoms with E-state index in [2.05, 4.69) is 39.9 Å². The molecular weight excluding hydrogens is 230 g/mol. The Kier molecular flexibility index (Phi) is 7.42. The molecule has 0 bridgehead atoms. The minimum Gasteiger partial charge on any atom is -0.314 e. The molecule has 0 amide bonds. The summed E-state index contributed by atoms with van der Waals surface area (Å²) in [4.78, 5) is 0. The third-order valence-corrected chi connectivity index (χ3v) is 5.47. The van der Waals surface area contributed by atoms with Crippen LogP contribution >= 0.6 is 0 Å². The number of hydrogen-bond donors (Lipinski definition) is 1. The van der Waals surface area contributed by atoms with Crippen molar-refractivity contribution >= 4 is 0 Å². The van der Waals surface area contributed by atoms with Crippen LogP contribution in [0.2, 0.25) is 0 Å². The lowest BCUT2D eigenvalue weighted by molar-refractivity contribution is 0.0866. The molecular formula is C18H37N. The van der Waals surface area contributed by atoms with Gasteiger partial charge in [0.1, 0.15) is 0 Å². The Balaban J connectivity index is 2.70. The zero-order chi connectivity index (χ0) is 14.3. The van der Waals surface area contributed by atoms with Crippen molar-refractivity contribution < 1.29 is 0 Å². The SMILES string of the molecule is CCCNC(CC(CC)CC)C1CCCCC1(C)C. The summed E-state index contributed by atoms with van der Waals surface area (Å²) in [6.07, 6.45) is 11.1. The molecule has 0 aromatic rings. The molecule has 1 N–H and O–H groups in total. The Hall–Kier alpha value is -0.0400. The van der Waals surface area contributed by atoms with Gasteiger partial charge in [-0.3, -0.25) is 0 Å². The largest absolute Gasteiger partial charge is 0.314 e. The number of rotatable bonds is 8. The summed E-state index contributed by atoms with van der Waals surface area (Å²) in [5.74, 6) is 1.79. The first-order chi connectivity index (χ1) is 9.05. The number of hydrogen-bond acceptors (Lipinski definition) is 1. The fourth-order valence-electron chi connectivity index (χ4n) is 3.97. The topological polar surface area (TPSA) is 12.0 Å². The van der Waals surface area contributed by atoms with Gasteiger partial charge in [-0.05, 0) is 49.5 Å². The quantitative estimate of drug-likeness (QED) is 0.621. The summed E-state index contributed by atoms with van der Waals surface area (Å²) in [5, 5.41) is 3.89. The van der Waals surface area contributed by atoms with E-state index in [1.165, 1.54) is 57.9 Å². The van der Waals surface area contributed by atoms with E-state index >= 15 is 0 Å². The highest BCUT2D eigenvalue weighted by Gasteiger charge is 2.37. The molecule has 1 aliphatic carbocycles. The van der Waals surface area contributed by atoms with Gasteiger partial charge < -0.3 is 5.32 Å². The Labute approximate surface area is 121 Å². The zero-order valence-electron chi connectivity index (χ0n) is 14.1. The maximum absolute atomic E-state index is 3.89. The summed E-state index contributed by atoms with van der Waals surface area (Å²) >= 11 is 0. The highest BCUT2D eigenvalue weighted by atomic mass is 14.9. The van der Waals surface area contributed by atoms with Crippen LogP contribution in [0, 0.1) is 17.3 Å². The van der Waals surface area contributed by atoms with Crippen molar-refractivity contribution in [2.45, 2.75) is 92.0 Å². The molecule has 1 fully saturated rings. The summed E-state index contributed by atoms with van der Waals surface area (Å²) in [7, 11) is 0. The van der Waals surface area contributed by atoms with Crippen LogP contribution < -0.4 is 5.32 Å². The average molecular weight is 268 g/mol. The third-order valence-electron chi connectivity index (χ3n) is 5.47. The minimum absolute atomic E-state index is 0.537. The van der Waals surface area contributed by atoms with Crippen molar-refractivity contribution in [2.24, 2.45) is 17.3 Å². The monoisotopic (exact) mass is 267 g/mol. The maximum atomic E-state index is 3.89. The Morgan fingerprint density at radius 3 is 2.32 bits per heavy atom. The van der Waals surface area contributed by atoms with Crippen LogP contribution in [0.25, 0.3) is 0 Å².